The van der Waals surface area contributed by atoms with E-state index in [4.69, 9.17) is 4.74 Å². The number of ether oxygens (including phenoxy) is 1. The molecule has 34 heavy (non-hydrogen) atoms. The van der Waals surface area contributed by atoms with E-state index in [0.717, 1.165) is 42.3 Å². The zero-order chi connectivity index (χ0) is 23.5. The molecule has 1 N–H and O–H groups in total. The molecular weight excluding hydrogens is 448 g/mol. The summed E-state index contributed by atoms with van der Waals surface area (Å²) < 4.78 is 8.08. The van der Waals surface area contributed by atoms with Crippen LogP contribution >= 0.6 is 11.3 Å². The lowest BCUT2D eigenvalue weighted by Gasteiger charge is -2.23. The summed E-state index contributed by atoms with van der Waals surface area (Å²) in [5.41, 5.74) is 5.30. The number of aryl methyl sites for hydroxylation is 2. The molecule has 0 aliphatic carbocycles. The van der Waals surface area contributed by atoms with Crippen molar-refractivity contribution in [2.75, 3.05) is 19.6 Å². The highest BCUT2D eigenvalue weighted by Gasteiger charge is 2.24. The fourth-order valence-corrected chi connectivity index (χ4v) is 5.18. The van der Waals surface area contributed by atoms with E-state index in [1.54, 1.807) is 15.9 Å². The number of carbonyl (C=O) groups excluding carboxylic acids is 1. The molecule has 4 heterocycles. The maximum Gasteiger partial charge on any atom is 0.252 e. The Bertz CT molecular complexity index is 1290. The Hall–Kier alpha value is -3.30. The first-order valence-electron chi connectivity index (χ1n) is 11.5. The molecule has 0 radical (unpaired) electrons. The Kier molecular flexibility index (Phi) is 6.55. The van der Waals surface area contributed by atoms with Crippen LogP contribution < -0.4 is 10.1 Å². The topological polar surface area (TPSA) is 84.6 Å². The average molecular weight is 477 g/mol. The van der Waals surface area contributed by atoms with Crippen LogP contribution in [-0.2, 0) is 17.8 Å². The Balaban J connectivity index is 1.18. The predicted octanol–water partition coefficient (Wildman–Crippen LogP) is 3.49. The molecule has 9 heteroatoms. The van der Waals surface area contributed by atoms with E-state index in [1.165, 1.54) is 17.5 Å². The maximum atomic E-state index is 12.6. The SMILES string of the molecule is Cc1nc2ncnn2c(C)c1CCC(=O)NCCN1Cc2ccccc2O[C@H](c2ccsc2)C1. The molecule has 0 saturated heterocycles. The van der Waals surface area contributed by atoms with Crippen LogP contribution in [0.25, 0.3) is 5.78 Å². The van der Waals surface area contributed by atoms with Gasteiger partial charge in [0.25, 0.3) is 5.78 Å². The van der Waals surface area contributed by atoms with Crippen molar-refractivity contribution in [2.24, 2.45) is 0 Å². The normalized spacial score (nSPS) is 16.1. The quantitative estimate of drug-likeness (QED) is 0.440. The van der Waals surface area contributed by atoms with Gasteiger partial charge in [-0.25, -0.2) is 9.50 Å². The number of fused-ring (bicyclic) bond motifs is 2. The summed E-state index contributed by atoms with van der Waals surface area (Å²) in [4.78, 5) is 23.6. The fourth-order valence-electron chi connectivity index (χ4n) is 4.48. The van der Waals surface area contributed by atoms with E-state index in [0.29, 0.717) is 25.2 Å². The molecule has 0 unspecified atom stereocenters. The van der Waals surface area contributed by atoms with E-state index in [2.05, 4.69) is 48.2 Å². The van der Waals surface area contributed by atoms with Gasteiger partial charge in [-0.3, -0.25) is 9.69 Å². The van der Waals surface area contributed by atoms with Crippen LogP contribution in [0.1, 0.15) is 40.6 Å². The van der Waals surface area contributed by atoms with Gasteiger partial charge in [-0.1, -0.05) is 18.2 Å². The van der Waals surface area contributed by atoms with Gasteiger partial charge in [-0.2, -0.15) is 21.4 Å². The Labute approximate surface area is 202 Å². The standard InChI is InChI=1S/C25H28N6O2S/c1-17-21(18(2)31-25(29-17)27-16-28-31)7-8-24(32)26-10-11-30-13-19-5-3-4-6-22(19)33-23(14-30)20-9-12-34-15-20/h3-6,9,12,15-16,23H,7-8,10-11,13-14H2,1-2H3,(H,26,32)/t23-/m0/s1. The first kappa shape index (κ1) is 22.5. The number of para-hydroxylation sites is 1. The molecule has 3 aromatic heterocycles. The monoisotopic (exact) mass is 476 g/mol. The van der Waals surface area contributed by atoms with E-state index in [1.807, 2.05) is 32.0 Å². The molecule has 5 rings (SSSR count). The van der Waals surface area contributed by atoms with E-state index >= 15 is 0 Å². The van der Waals surface area contributed by atoms with Crippen LogP contribution in [-0.4, -0.2) is 50.0 Å². The minimum Gasteiger partial charge on any atom is -0.484 e. The van der Waals surface area contributed by atoms with Gasteiger partial charge in [0.15, 0.2) is 0 Å². The highest BCUT2D eigenvalue weighted by atomic mass is 32.1. The number of rotatable bonds is 7. The van der Waals surface area contributed by atoms with Gasteiger partial charge >= 0.3 is 0 Å². The molecule has 8 nitrogen and oxygen atoms in total. The fraction of sp³-hybridized carbons (Fsp3) is 0.360. The van der Waals surface area contributed by atoms with Crippen LogP contribution in [0.15, 0.2) is 47.4 Å². The lowest BCUT2D eigenvalue weighted by atomic mass is 10.1. The minimum atomic E-state index is -0.0178. The van der Waals surface area contributed by atoms with Crippen LogP contribution in [0.5, 0.6) is 5.75 Å². The van der Waals surface area contributed by atoms with Crippen molar-refractivity contribution < 1.29 is 9.53 Å². The third-order valence-corrected chi connectivity index (χ3v) is 7.02. The number of thiophene rings is 1. The Morgan fingerprint density at radius 2 is 2.15 bits per heavy atom. The third kappa shape index (κ3) is 4.80. The molecule has 1 amide bonds. The van der Waals surface area contributed by atoms with Crippen molar-refractivity contribution in [3.8, 4) is 5.75 Å². The first-order chi connectivity index (χ1) is 16.6. The van der Waals surface area contributed by atoms with Crippen molar-refractivity contribution in [3.05, 3.63) is 75.5 Å². The second-order valence-corrected chi connectivity index (χ2v) is 9.37. The number of nitrogens with one attached hydrogen (secondary N) is 1. The molecule has 0 spiro atoms. The van der Waals surface area contributed by atoms with Gasteiger partial charge in [0.2, 0.25) is 5.91 Å². The molecule has 1 aliphatic heterocycles. The lowest BCUT2D eigenvalue weighted by Crippen LogP contribution is -2.36. The molecular formula is C25H28N6O2S. The van der Waals surface area contributed by atoms with Gasteiger partial charge in [0.1, 0.15) is 18.2 Å². The second kappa shape index (κ2) is 9.90. The summed E-state index contributed by atoms with van der Waals surface area (Å²) >= 11 is 1.68. The van der Waals surface area contributed by atoms with Gasteiger partial charge in [0, 0.05) is 55.1 Å². The summed E-state index contributed by atoms with van der Waals surface area (Å²) in [6.07, 6.45) is 2.51. The smallest absolute Gasteiger partial charge is 0.252 e. The largest absolute Gasteiger partial charge is 0.484 e. The number of aromatic nitrogens is 4. The van der Waals surface area contributed by atoms with Crippen LogP contribution in [0.3, 0.4) is 0 Å². The number of nitrogens with zero attached hydrogens (tertiary/aromatic N) is 5. The lowest BCUT2D eigenvalue weighted by molar-refractivity contribution is -0.121. The third-order valence-electron chi connectivity index (χ3n) is 6.32. The molecule has 176 valence electrons. The van der Waals surface area contributed by atoms with Crippen LogP contribution in [0.4, 0.5) is 0 Å². The maximum absolute atomic E-state index is 12.6. The summed E-state index contributed by atoms with van der Waals surface area (Å²) in [6.45, 7) is 6.88. The van der Waals surface area contributed by atoms with Gasteiger partial charge in [-0.05, 0) is 48.7 Å². The molecule has 1 atom stereocenters. The number of amides is 1. The zero-order valence-corrected chi connectivity index (χ0v) is 20.2. The van der Waals surface area contributed by atoms with E-state index in [9.17, 15) is 4.79 Å². The van der Waals surface area contributed by atoms with E-state index < -0.39 is 0 Å². The molecule has 0 fully saturated rings. The summed E-state index contributed by atoms with van der Waals surface area (Å²) in [5.74, 6) is 1.57. The van der Waals surface area contributed by atoms with Crippen molar-refractivity contribution in [1.82, 2.24) is 29.8 Å². The molecule has 0 saturated carbocycles. The van der Waals surface area contributed by atoms with Crippen molar-refractivity contribution >= 4 is 23.0 Å². The highest BCUT2D eigenvalue weighted by molar-refractivity contribution is 7.07. The molecule has 1 aliphatic rings. The van der Waals surface area contributed by atoms with Crippen molar-refractivity contribution in [1.29, 1.82) is 0 Å². The summed E-state index contributed by atoms with van der Waals surface area (Å²) in [5, 5.41) is 11.5. The minimum absolute atomic E-state index is 0.0178. The van der Waals surface area contributed by atoms with Gasteiger partial charge < -0.3 is 10.1 Å². The van der Waals surface area contributed by atoms with Gasteiger partial charge in [-0.15, -0.1) is 0 Å². The van der Waals surface area contributed by atoms with E-state index in [-0.39, 0.29) is 12.0 Å². The zero-order valence-electron chi connectivity index (χ0n) is 19.4. The number of hydrogen-bond acceptors (Lipinski definition) is 7. The highest BCUT2D eigenvalue weighted by Crippen LogP contribution is 2.31. The second-order valence-electron chi connectivity index (χ2n) is 8.59. The number of hydrogen-bond donors (Lipinski definition) is 1. The first-order valence-corrected chi connectivity index (χ1v) is 12.4. The number of carbonyl (C=O) groups is 1. The average Bonchev–Trinajstić information content (AvgIpc) is 3.49. The van der Waals surface area contributed by atoms with Crippen LogP contribution in [0, 0.1) is 13.8 Å². The number of benzene rings is 1. The van der Waals surface area contributed by atoms with Gasteiger partial charge in [0.05, 0.1) is 0 Å². The Morgan fingerprint density at radius 1 is 1.26 bits per heavy atom. The van der Waals surface area contributed by atoms with Crippen molar-refractivity contribution in [2.45, 2.75) is 39.3 Å². The Morgan fingerprint density at radius 3 is 3.00 bits per heavy atom. The predicted molar refractivity (Wildman–Crippen MR) is 131 cm³/mol. The summed E-state index contributed by atoms with van der Waals surface area (Å²) in [7, 11) is 0. The molecule has 1 aromatic carbocycles. The molecule has 4 aromatic rings. The van der Waals surface area contributed by atoms with Crippen LogP contribution in [0.2, 0.25) is 0 Å². The van der Waals surface area contributed by atoms with Crippen molar-refractivity contribution in [3.63, 3.8) is 0 Å². The summed E-state index contributed by atoms with van der Waals surface area (Å²) in [6, 6.07) is 10.3. The molecule has 0 bridgehead atoms.